The van der Waals surface area contributed by atoms with Gasteiger partial charge in [-0.3, -0.25) is 9.59 Å². The summed E-state index contributed by atoms with van der Waals surface area (Å²) in [5.74, 6) is -1.36. The second-order valence-corrected chi connectivity index (χ2v) is 9.67. The number of aliphatic hydroxyl groups excluding tert-OH is 1. The third-order valence-corrected chi connectivity index (χ3v) is 6.41. The van der Waals surface area contributed by atoms with Gasteiger partial charge in [-0.15, -0.1) is 0 Å². The van der Waals surface area contributed by atoms with Crippen LogP contribution >= 0.6 is 0 Å². The van der Waals surface area contributed by atoms with Gasteiger partial charge in [0.05, 0.1) is 31.2 Å². The fourth-order valence-electron chi connectivity index (χ4n) is 4.09. The molecule has 0 aliphatic carbocycles. The standard InChI is InChI=1S/C27H33F3N4O5/c1-17-14-34(18(2)16-35)25(37)21-13-20(31-24(36)11-12-27(28,29)30)9-10-22(21)39-23(17)15-33(3)26(38)32-19-7-5-4-6-8-19/h4-10,13,17-18,23,35H,11-12,14-16H2,1-3H3,(H,31,36)(H,32,38)/t17-,18-,23-/m1/s1. The molecule has 0 fully saturated rings. The Morgan fingerprint density at radius 1 is 1.15 bits per heavy atom. The molecule has 0 bridgehead atoms. The van der Waals surface area contributed by atoms with Gasteiger partial charge in [-0.2, -0.15) is 13.2 Å². The van der Waals surface area contributed by atoms with E-state index in [2.05, 4.69) is 10.6 Å². The minimum Gasteiger partial charge on any atom is -0.487 e. The molecule has 0 saturated heterocycles. The molecular weight excluding hydrogens is 517 g/mol. The molecule has 39 heavy (non-hydrogen) atoms. The summed E-state index contributed by atoms with van der Waals surface area (Å²) in [7, 11) is 1.62. The van der Waals surface area contributed by atoms with Crippen molar-refractivity contribution in [2.24, 2.45) is 5.92 Å². The van der Waals surface area contributed by atoms with Crippen LogP contribution in [0, 0.1) is 5.92 Å². The number of ether oxygens (including phenoxy) is 1. The number of hydrogen-bond donors (Lipinski definition) is 3. The average molecular weight is 551 g/mol. The van der Waals surface area contributed by atoms with Crippen LogP contribution in [0.15, 0.2) is 48.5 Å². The number of aliphatic hydroxyl groups is 1. The average Bonchev–Trinajstić information content (AvgIpc) is 2.89. The van der Waals surface area contributed by atoms with Crippen LogP contribution in [0.2, 0.25) is 0 Å². The second-order valence-electron chi connectivity index (χ2n) is 9.67. The summed E-state index contributed by atoms with van der Waals surface area (Å²) in [6.45, 7) is 3.64. The zero-order chi connectivity index (χ0) is 28.7. The molecule has 9 nitrogen and oxygen atoms in total. The van der Waals surface area contributed by atoms with Crippen LogP contribution < -0.4 is 15.4 Å². The predicted octanol–water partition coefficient (Wildman–Crippen LogP) is 4.35. The summed E-state index contributed by atoms with van der Waals surface area (Å²) in [4.78, 5) is 41.2. The van der Waals surface area contributed by atoms with Crippen molar-refractivity contribution < 1.29 is 37.4 Å². The maximum atomic E-state index is 13.5. The molecule has 2 aromatic rings. The summed E-state index contributed by atoms with van der Waals surface area (Å²) < 4.78 is 43.7. The van der Waals surface area contributed by atoms with E-state index in [0.717, 1.165) is 0 Å². The molecule has 4 amide bonds. The van der Waals surface area contributed by atoms with Crippen LogP contribution in [0.3, 0.4) is 0 Å². The normalized spacial score (nSPS) is 18.2. The number of likely N-dealkylation sites (N-methyl/N-ethyl adjacent to an activating group) is 1. The Hall–Kier alpha value is -3.80. The highest BCUT2D eigenvalue weighted by Gasteiger charge is 2.34. The topological polar surface area (TPSA) is 111 Å². The zero-order valence-corrected chi connectivity index (χ0v) is 22.0. The Balaban J connectivity index is 1.83. The van der Waals surface area contributed by atoms with Gasteiger partial charge in [0.15, 0.2) is 0 Å². The molecule has 1 aliphatic rings. The number of hydrogen-bond acceptors (Lipinski definition) is 5. The molecule has 12 heteroatoms. The number of carbonyl (C=O) groups is 3. The van der Waals surface area contributed by atoms with Gasteiger partial charge < -0.3 is 30.3 Å². The van der Waals surface area contributed by atoms with Gasteiger partial charge >= 0.3 is 12.2 Å². The van der Waals surface area contributed by atoms with Crippen LogP contribution in [0.1, 0.15) is 37.0 Å². The third kappa shape index (κ3) is 8.34. The van der Waals surface area contributed by atoms with E-state index in [1.165, 1.54) is 28.0 Å². The Morgan fingerprint density at radius 2 is 1.85 bits per heavy atom. The van der Waals surface area contributed by atoms with Crippen molar-refractivity contribution in [2.75, 3.05) is 37.4 Å². The van der Waals surface area contributed by atoms with Crippen LogP contribution in [0.5, 0.6) is 5.75 Å². The van der Waals surface area contributed by atoms with Gasteiger partial charge in [0.25, 0.3) is 5.91 Å². The number of nitrogens with zero attached hydrogens (tertiary/aromatic N) is 2. The summed E-state index contributed by atoms with van der Waals surface area (Å²) >= 11 is 0. The van der Waals surface area contributed by atoms with Gasteiger partial charge in [0, 0.05) is 37.3 Å². The van der Waals surface area contributed by atoms with Crippen molar-refractivity contribution in [3.8, 4) is 5.75 Å². The molecule has 0 spiro atoms. The van der Waals surface area contributed by atoms with E-state index in [1.54, 1.807) is 38.2 Å². The molecule has 0 unspecified atom stereocenters. The molecule has 3 N–H and O–H groups in total. The van der Waals surface area contributed by atoms with Gasteiger partial charge in [-0.05, 0) is 37.3 Å². The third-order valence-electron chi connectivity index (χ3n) is 6.41. The Morgan fingerprint density at radius 3 is 2.49 bits per heavy atom. The highest BCUT2D eigenvalue weighted by Crippen LogP contribution is 2.31. The number of amides is 4. The number of benzene rings is 2. The Kier molecular flexibility index (Phi) is 9.79. The van der Waals surface area contributed by atoms with E-state index in [-0.39, 0.29) is 48.6 Å². The highest BCUT2D eigenvalue weighted by atomic mass is 19.4. The Labute approximate surface area is 224 Å². The zero-order valence-electron chi connectivity index (χ0n) is 22.0. The maximum Gasteiger partial charge on any atom is 0.389 e. The van der Waals surface area contributed by atoms with E-state index >= 15 is 0 Å². The minimum absolute atomic E-state index is 0.0808. The monoisotopic (exact) mass is 550 g/mol. The molecule has 2 aromatic carbocycles. The first kappa shape index (κ1) is 29.8. The number of para-hydroxylation sites is 1. The van der Waals surface area contributed by atoms with Crippen LogP contribution in [0.25, 0.3) is 0 Å². The number of carbonyl (C=O) groups excluding carboxylic acids is 3. The van der Waals surface area contributed by atoms with Crippen LogP contribution in [-0.4, -0.2) is 77.8 Å². The van der Waals surface area contributed by atoms with Crippen molar-refractivity contribution in [1.29, 1.82) is 0 Å². The molecule has 1 heterocycles. The quantitative estimate of drug-likeness (QED) is 0.453. The number of nitrogens with one attached hydrogen (secondary N) is 2. The number of halogens is 3. The van der Waals surface area contributed by atoms with E-state index in [9.17, 15) is 32.7 Å². The summed E-state index contributed by atoms with van der Waals surface area (Å²) in [5, 5.41) is 15.0. The summed E-state index contributed by atoms with van der Waals surface area (Å²) in [5.41, 5.74) is 0.848. The van der Waals surface area contributed by atoms with Crippen molar-refractivity contribution in [2.45, 2.75) is 45.0 Å². The van der Waals surface area contributed by atoms with Crippen molar-refractivity contribution >= 4 is 29.2 Å². The molecule has 212 valence electrons. The first-order chi connectivity index (χ1) is 18.4. The van der Waals surface area contributed by atoms with Crippen LogP contribution in [-0.2, 0) is 4.79 Å². The van der Waals surface area contributed by atoms with Gasteiger partial charge in [0.2, 0.25) is 5.91 Å². The van der Waals surface area contributed by atoms with E-state index in [0.29, 0.717) is 5.69 Å². The van der Waals surface area contributed by atoms with Crippen molar-refractivity contribution in [1.82, 2.24) is 9.80 Å². The van der Waals surface area contributed by atoms with Gasteiger partial charge in [-0.25, -0.2) is 4.79 Å². The van der Waals surface area contributed by atoms with Gasteiger partial charge in [0.1, 0.15) is 11.9 Å². The van der Waals surface area contributed by atoms with Crippen molar-refractivity contribution in [3.63, 3.8) is 0 Å². The van der Waals surface area contributed by atoms with E-state index < -0.39 is 43.0 Å². The predicted molar refractivity (Wildman–Crippen MR) is 140 cm³/mol. The SMILES string of the molecule is C[C@@H]1CN([C@H](C)CO)C(=O)c2cc(NC(=O)CCC(F)(F)F)ccc2O[C@@H]1CN(C)C(=O)Nc1ccccc1. The van der Waals surface area contributed by atoms with Gasteiger partial charge in [-0.1, -0.05) is 25.1 Å². The molecule has 1 aliphatic heterocycles. The number of anilines is 2. The first-order valence-electron chi connectivity index (χ1n) is 12.5. The number of urea groups is 1. The largest absolute Gasteiger partial charge is 0.487 e. The van der Waals surface area contributed by atoms with Crippen molar-refractivity contribution in [3.05, 3.63) is 54.1 Å². The summed E-state index contributed by atoms with van der Waals surface area (Å²) in [6.07, 6.45) is -7.04. The van der Waals surface area contributed by atoms with Crippen LogP contribution in [0.4, 0.5) is 29.3 Å². The smallest absolute Gasteiger partial charge is 0.389 e. The maximum absolute atomic E-state index is 13.5. The lowest BCUT2D eigenvalue weighted by atomic mass is 9.99. The first-order valence-corrected chi connectivity index (χ1v) is 12.5. The highest BCUT2D eigenvalue weighted by molar-refractivity contribution is 6.00. The second kappa shape index (κ2) is 12.8. The lowest BCUT2D eigenvalue weighted by Gasteiger charge is -2.38. The molecule has 0 aromatic heterocycles. The molecule has 3 atom stereocenters. The lowest BCUT2D eigenvalue weighted by Crippen LogP contribution is -2.50. The molecule has 3 rings (SSSR count). The van der Waals surface area contributed by atoms with E-state index in [4.69, 9.17) is 4.74 Å². The Bertz CT molecular complexity index is 1160. The molecular formula is C27H33F3N4O5. The minimum atomic E-state index is -4.47. The molecule has 0 saturated carbocycles. The van der Waals surface area contributed by atoms with E-state index in [1.807, 2.05) is 13.0 Å². The summed E-state index contributed by atoms with van der Waals surface area (Å²) in [6, 6.07) is 12.3. The molecule has 0 radical (unpaired) electrons. The lowest BCUT2D eigenvalue weighted by molar-refractivity contribution is -0.142. The fraction of sp³-hybridized carbons (Fsp3) is 0.444. The number of alkyl halides is 3. The number of fused-ring (bicyclic) bond motifs is 1. The number of rotatable bonds is 8. The fourth-order valence-corrected chi connectivity index (χ4v) is 4.09.